The molecule has 2 rings (SSSR count). The number of hydrogen-bond donors (Lipinski definition) is 1. The summed E-state index contributed by atoms with van der Waals surface area (Å²) in [6.45, 7) is 8.30. The van der Waals surface area contributed by atoms with E-state index in [1.54, 1.807) is 0 Å². The van der Waals surface area contributed by atoms with Gasteiger partial charge in [-0.05, 0) is 61.5 Å². The Hall–Kier alpha value is -0.830. The van der Waals surface area contributed by atoms with Gasteiger partial charge in [-0.1, -0.05) is 20.8 Å². The second-order valence-electron chi connectivity index (χ2n) is 7.87. The fourth-order valence-corrected chi connectivity index (χ4v) is 3.88. The van der Waals surface area contributed by atoms with Crippen molar-refractivity contribution in [2.75, 3.05) is 13.6 Å². The third-order valence-corrected chi connectivity index (χ3v) is 5.16. The van der Waals surface area contributed by atoms with Gasteiger partial charge in [0.15, 0.2) is 0 Å². The van der Waals surface area contributed by atoms with Crippen LogP contribution in [0.5, 0.6) is 0 Å². The highest BCUT2D eigenvalue weighted by Crippen LogP contribution is 2.46. The van der Waals surface area contributed by atoms with Gasteiger partial charge in [0.25, 0.3) is 0 Å². The van der Waals surface area contributed by atoms with Crippen LogP contribution in [0.1, 0.15) is 52.0 Å². The number of rotatable bonds is 4. The molecule has 20 heavy (non-hydrogen) atoms. The van der Waals surface area contributed by atoms with Crippen molar-refractivity contribution in [2.45, 2.75) is 52.9 Å². The molecule has 3 heteroatoms. The van der Waals surface area contributed by atoms with Crippen LogP contribution >= 0.6 is 0 Å². The molecule has 1 aromatic rings. The summed E-state index contributed by atoms with van der Waals surface area (Å²) in [4.78, 5) is 0. The fourth-order valence-electron chi connectivity index (χ4n) is 3.88. The van der Waals surface area contributed by atoms with Crippen molar-refractivity contribution in [3.63, 3.8) is 0 Å². The van der Waals surface area contributed by atoms with Gasteiger partial charge in [-0.3, -0.25) is 4.68 Å². The number of nitrogens with zero attached hydrogens (tertiary/aromatic N) is 2. The van der Waals surface area contributed by atoms with Gasteiger partial charge in [0.1, 0.15) is 0 Å². The Bertz CT molecular complexity index is 420. The first kappa shape index (κ1) is 15.6. The summed E-state index contributed by atoms with van der Waals surface area (Å²) < 4.78 is 1.92. The minimum Gasteiger partial charge on any atom is -0.319 e. The molecule has 1 saturated carbocycles. The molecule has 1 aliphatic carbocycles. The lowest BCUT2D eigenvalue weighted by Gasteiger charge is -2.44. The smallest absolute Gasteiger partial charge is 0.0521 e. The second kappa shape index (κ2) is 5.88. The van der Waals surface area contributed by atoms with E-state index in [4.69, 9.17) is 0 Å². The molecule has 1 aliphatic rings. The van der Waals surface area contributed by atoms with Crippen LogP contribution in [0, 0.1) is 16.7 Å². The summed E-state index contributed by atoms with van der Waals surface area (Å²) in [5, 5.41) is 7.76. The Balaban J connectivity index is 2.05. The number of hydrogen-bond acceptors (Lipinski definition) is 2. The highest BCUT2D eigenvalue weighted by Gasteiger charge is 2.38. The second-order valence-corrected chi connectivity index (χ2v) is 7.87. The average Bonchev–Trinajstić information content (AvgIpc) is 2.74. The lowest BCUT2D eigenvalue weighted by molar-refractivity contribution is 0.0876. The van der Waals surface area contributed by atoms with Gasteiger partial charge in [-0.2, -0.15) is 5.10 Å². The largest absolute Gasteiger partial charge is 0.319 e. The molecule has 1 aromatic heterocycles. The third kappa shape index (κ3) is 3.63. The highest BCUT2D eigenvalue weighted by atomic mass is 15.2. The Morgan fingerprint density at radius 1 is 1.35 bits per heavy atom. The molecule has 0 unspecified atom stereocenters. The molecule has 1 heterocycles. The first-order valence-electron chi connectivity index (χ1n) is 7.97. The maximum absolute atomic E-state index is 4.32. The first-order valence-corrected chi connectivity index (χ1v) is 7.97. The van der Waals surface area contributed by atoms with Crippen molar-refractivity contribution in [2.24, 2.45) is 23.8 Å². The van der Waals surface area contributed by atoms with Gasteiger partial charge < -0.3 is 5.32 Å². The first-order chi connectivity index (χ1) is 9.35. The quantitative estimate of drug-likeness (QED) is 0.914. The molecule has 0 amide bonds. The van der Waals surface area contributed by atoms with Gasteiger partial charge in [0.2, 0.25) is 0 Å². The van der Waals surface area contributed by atoms with E-state index < -0.39 is 0 Å². The zero-order chi connectivity index (χ0) is 14.8. The molecule has 0 aliphatic heterocycles. The molecule has 0 bridgehead atoms. The predicted molar refractivity (Wildman–Crippen MR) is 84.7 cm³/mol. The van der Waals surface area contributed by atoms with E-state index in [-0.39, 0.29) is 0 Å². The number of aromatic nitrogens is 2. The lowest BCUT2D eigenvalue weighted by Crippen LogP contribution is -2.40. The number of aryl methyl sites for hydroxylation is 1. The fraction of sp³-hybridized carbons (Fsp3) is 0.824. The lowest BCUT2D eigenvalue weighted by atomic mass is 9.62. The topological polar surface area (TPSA) is 29.9 Å². The molecule has 0 saturated heterocycles. The SMILES string of the molecule is CNCC1(Cc2cnn(C)c2)CCC(C(C)(C)C)CC1. The maximum atomic E-state index is 4.32. The molecule has 0 aromatic carbocycles. The minimum absolute atomic E-state index is 0.430. The van der Waals surface area contributed by atoms with Gasteiger partial charge in [0.05, 0.1) is 6.20 Å². The third-order valence-electron chi connectivity index (χ3n) is 5.16. The van der Waals surface area contributed by atoms with E-state index >= 15 is 0 Å². The van der Waals surface area contributed by atoms with E-state index in [2.05, 4.69) is 44.4 Å². The van der Waals surface area contributed by atoms with Crippen molar-refractivity contribution in [1.82, 2.24) is 15.1 Å². The molecular weight excluding hydrogens is 246 g/mol. The van der Waals surface area contributed by atoms with E-state index in [0.717, 1.165) is 12.5 Å². The monoisotopic (exact) mass is 277 g/mol. The predicted octanol–water partition coefficient (Wildman–Crippen LogP) is 3.40. The molecular formula is C17H31N3. The molecule has 0 atom stereocenters. The summed E-state index contributed by atoms with van der Waals surface area (Å²) in [5.74, 6) is 0.876. The van der Waals surface area contributed by atoms with Crippen molar-refractivity contribution < 1.29 is 0 Å². The van der Waals surface area contributed by atoms with Crippen LogP contribution in [0.2, 0.25) is 0 Å². The molecule has 0 radical (unpaired) electrons. The minimum atomic E-state index is 0.430. The van der Waals surface area contributed by atoms with Crippen LogP contribution in [0.3, 0.4) is 0 Å². The Kier molecular flexibility index (Phi) is 4.58. The molecule has 3 nitrogen and oxygen atoms in total. The Morgan fingerprint density at radius 2 is 2.00 bits per heavy atom. The van der Waals surface area contributed by atoms with Crippen LogP contribution < -0.4 is 5.32 Å². The van der Waals surface area contributed by atoms with Crippen molar-refractivity contribution >= 4 is 0 Å². The number of nitrogens with one attached hydrogen (secondary N) is 1. The molecule has 114 valence electrons. The van der Waals surface area contributed by atoms with Crippen molar-refractivity contribution in [3.8, 4) is 0 Å². The van der Waals surface area contributed by atoms with Gasteiger partial charge in [0, 0.05) is 19.8 Å². The summed E-state index contributed by atoms with van der Waals surface area (Å²) in [6.07, 6.45) is 10.8. The average molecular weight is 277 g/mol. The van der Waals surface area contributed by atoms with Crippen LogP contribution in [0.25, 0.3) is 0 Å². The standard InChI is InChI=1S/C17H31N3/c1-16(2,3)15-6-8-17(9-7-15,13-18-4)10-14-11-19-20(5)12-14/h11-12,15,18H,6-10,13H2,1-5H3. The summed E-state index contributed by atoms with van der Waals surface area (Å²) in [5.41, 5.74) is 2.27. The Morgan fingerprint density at radius 3 is 2.45 bits per heavy atom. The Labute approximate surface area is 124 Å². The van der Waals surface area contributed by atoms with Crippen molar-refractivity contribution in [3.05, 3.63) is 18.0 Å². The normalized spacial score (nSPS) is 27.8. The van der Waals surface area contributed by atoms with Crippen molar-refractivity contribution in [1.29, 1.82) is 0 Å². The van der Waals surface area contributed by atoms with E-state index in [9.17, 15) is 0 Å². The molecule has 1 fully saturated rings. The maximum Gasteiger partial charge on any atom is 0.0521 e. The highest BCUT2D eigenvalue weighted by molar-refractivity contribution is 5.09. The zero-order valence-electron chi connectivity index (χ0n) is 13.9. The molecule has 0 spiro atoms. The van der Waals surface area contributed by atoms with Crippen LogP contribution in [0.4, 0.5) is 0 Å². The summed E-state index contributed by atoms with van der Waals surface area (Å²) in [6, 6.07) is 0. The van der Waals surface area contributed by atoms with E-state index in [1.165, 1.54) is 37.7 Å². The van der Waals surface area contributed by atoms with E-state index in [0.29, 0.717) is 10.8 Å². The van der Waals surface area contributed by atoms with Crippen LogP contribution in [-0.4, -0.2) is 23.4 Å². The van der Waals surface area contributed by atoms with Gasteiger partial charge in [-0.25, -0.2) is 0 Å². The van der Waals surface area contributed by atoms with Gasteiger partial charge in [-0.15, -0.1) is 0 Å². The van der Waals surface area contributed by atoms with Crippen LogP contribution in [-0.2, 0) is 13.5 Å². The zero-order valence-corrected chi connectivity index (χ0v) is 13.9. The molecule has 1 N–H and O–H groups in total. The van der Waals surface area contributed by atoms with Crippen LogP contribution in [0.15, 0.2) is 12.4 Å². The van der Waals surface area contributed by atoms with Gasteiger partial charge >= 0.3 is 0 Å². The van der Waals surface area contributed by atoms with E-state index in [1.807, 2.05) is 17.9 Å². The summed E-state index contributed by atoms with van der Waals surface area (Å²) in [7, 11) is 4.09. The summed E-state index contributed by atoms with van der Waals surface area (Å²) >= 11 is 0.